The number of halogens is 2. The molecule has 1 N–H and O–H groups in total. The number of alkyl halides is 2. The van der Waals surface area contributed by atoms with Crippen LogP contribution in [0.5, 0.6) is 0 Å². The van der Waals surface area contributed by atoms with Crippen molar-refractivity contribution in [3.05, 3.63) is 22.4 Å². The number of aromatic nitrogens is 4. The van der Waals surface area contributed by atoms with Gasteiger partial charge in [-0.2, -0.15) is 5.10 Å². The molecule has 3 heterocycles. The Bertz CT molecular complexity index is 850. The van der Waals surface area contributed by atoms with E-state index in [0.29, 0.717) is 35.9 Å². The van der Waals surface area contributed by atoms with E-state index in [1.165, 1.54) is 25.7 Å². The van der Waals surface area contributed by atoms with Gasteiger partial charge in [0.05, 0.1) is 18.8 Å². The van der Waals surface area contributed by atoms with Gasteiger partial charge in [-0.1, -0.05) is 25.7 Å². The van der Waals surface area contributed by atoms with Gasteiger partial charge in [-0.15, -0.1) is 0 Å². The Morgan fingerprint density at radius 3 is 2.78 bits per heavy atom. The molecule has 1 aliphatic heterocycles. The van der Waals surface area contributed by atoms with Crippen LogP contribution < -0.4 is 5.56 Å². The van der Waals surface area contributed by atoms with E-state index in [9.17, 15) is 13.6 Å². The largest absolute Gasteiger partial charge is 0.310 e. The number of H-pyrrole nitrogens is 1. The summed E-state index contributed by atoms with van der Waals surface area (Å²) in [5.74, 6) is -1.41. The molecule has 2 aromatic heterocycles. The number of rotatable bonds is 5. The molecule has 2 fully saturated rings. The molecule has 0 aromatic carbocycles. The number of aromatic amines is 1. The molecule has 0 bridgehead atoms. The van der Waals surface area contributed by atoms with Gasteiger partial charge < -0.3 is 4.98 Å². The fourth-order valence-electron chi connectivity index (χ4n) is 4.60. The van der Waals surface area contributed by atoms with Crippen LogP contribution >= 0.6 is 0 Å². The van der Waals surface area contributed by atoms with Gasteiger partial charge in [0, 0.05) is 19.9 Å². The minimum atomic E-state index is -2.71. The summed E-state index contributed by atoms with van der Waals surface area (Å²) in [5, 5.41) is 4.88. The van der Waals surface area contributed by atoms with E-state index >= 15 is 0 Å². The highest BCUT2D eigenvalue weighted by atomic mass is 19.3. The highest BCUT2D eigenvalue weighted by Gasteiger charge is 2.30. The van der Waals surface area contributed by atoms with E-state index in [4.69, 9.17) is 4.98 Å². The lowest BCUT2D eigenvalue weighted by molar-refractivity contribution is -0.0238. The van der Waals surface area contributed by atoms with E-state index in [-0.39, 0.29) is 18.1 Å². The molecule has 2 aromatic rings. The molecule has 4 rings (SSSR count). The Morgan fingerprint density at radius 1 is 1.26 bits per heavy atom. The second-order valence-electron chi connectivity index (χ2n) is 8.30. The van der Waals surface area contributed by atoms with Crippen molar-refractivity contribution in [2.24, 2.45) is 5.92 Å². The maximum atomic E-state index is 13.4. The lowest BCUT2D eigenvalue weighted by Gasteiger charge is -2.34. The molecule has 1 saturated heterocycles. The Labute approximate surface area is 157 Å². The Morgan fingerprint density at radius 2 is 2.04 bits per heavy atom. The van der Waals surface area contributed by atoms with Crippen LogP contribution in [0.3, 0.4) is 0 Å². The van der Waals surface area contributed by atoms with Crippen molar-refractivity contribution in [2.45, 2.75) is 63.8 Å². The van der Waals surface area contributed by atoms with Gasteiger partial charge in [0.25, 0.3) is 11.5 Å². The van der Waals surface area contributed by atoms with Crippen LogP contribution in [0.2, 0.25) is 0 Å². The molecule has 1 atom stereocenters. The van der Waals surface area contributed by atoms with Crippen molar-refractivity contribution < 1.29 is 8.78 Å². The zero-order chi connectivity index (χ0) is 19.0. The third-order valence-corrected chi connectivity index (χ3v) is 5.80. The Balaban J connectivity index is 1.59. The standard InChI is InChI=1S/C19H27F2N5O/c1-19(20,21)12-25-8-4-7-14(11-25)26-17-15(10-22-26)18(27)24-16(23-17)9-13-5-2-3-6-13/h10,13-14H,2-9,11-12H2,1H3,(H,23,24,27). The summed E-state index contributed by atoms with van der Waals surface area (Å²) in [5.41, 5.74) is 0.425. The summed E-state index contributed by atoms with van der Waals surface area (Å²) in [6.07, 6.45) is 8.88. The summed E-state index contributed by atoms with van der Waals surface area (Å²) < 4.78 is 28.6. The number of fused-ring (bicyclic) bond motifs is 1. The molecule has 8 heteroatoms. The van der Waals surface area contributed by atoms with Gasteiger partial charge in [-0.25, -0.2) is 18.4 Å². The van der Waals surface area contributed by atoms with Crippen molar-refractivity contribution in [1.82, 2.24) is 24.6 Å². The molecule has 1 saturated carbocycles. The first-order valence-electron chi connectivity index (χ1n) is 9.96. The molecule has 0 spiro atoms. The fourth-order valence-corrected chi connectivity index (χ4v) is 4.60. The van der Waals surface area contributed by atoms with Gasteiger partial charge in [-0.3, -0.25) is 9.69 Å². The molecule has 6 nitrogen and oxygen atoms in total. The first-order chi connectivity index (χ1) is 12.9. The second-order valence-corrected chi connectivity index (χ2v) is 8.30. The zero-order valence-electron chi connectivity index (χ0n) is 15.8. The highest BCUT2D eigenvalue weighted by molar-refractivity contribution is 5.73. The minimum Gasteiger partial charge on any atom is -0.310 e. The van der Waals surface area contributed by atoms with Gasteiger partial charge in [0.2, 0.25) is 0 Å². The predicted octanol–water partition coefficient (Wildman–Crippen LogP) is 3.14. The van der Waals surface area contributed by atoms with Crippen LogP contribution in [0.4, 0.5) is 8.78 Å². The number of nitrogens with one attached hydrogen (secondary N) is 1. The number of likely N-dealkylation sites (tertiary alicyclic amines) is 1. The minimum absolute atomic E-state index is 0.0350. The van der Waals surface area contributed by atoms with E-state index in [1.807, 2.05) is 0 Å². The van der Waals surface area contributed by atoms with Gasteiger partial charge in [0.1, 0.15) is 11.2 Å². The van der Waals surface area contributed by atoms with Crippen LogP contribution in [0, 0.1) is 5.92 Å². The van der Waals surface area contributed by atoms with Crippen LogP contribution in [0.1, 0.15) is 57.3 Å². The molecule has 1 unspecified atom stereocenters. The second kappa shape index (κ2) is 7.30. The maximum absolute atomic E-state index is 13.4. The molecule has 148 valence electrons. The van der Waals surface area contributed by atoms with E-state index in [2.05, 4.69) is 10.1 Å². The predicted molar refractivity (Wildman–Crippen MR) is 99.1 cm³/mol. The monoisotopic (exact) mass is 379 g/mol. The number of piperidine rings is 1. The average molecular weight is 379 g/mol. The summed E-state index contributed by atoms with van der Waals surface area (Å²) in [7, 11) is 0. The molecule has 2 aliphatic rings. The molecule has 27 heavy (non-hydrogen) atoms. The van der Waals surface area contributed by atoms with Gasteiger partial charge in [0.15, 0.2) is 5.65 Å². The zero-order valence-corrected chi connectivity index (χ0v) is 15.8. The summed E-state index contributed by atoms with van der Waals surface area (Å²) in [6, 6.07) is -0.0350. The SMILES string of the molecule is CC(F)(F)CN1CCCC(n2ncc3c(=O)[nH]c(CC4CCCC4)nc32)C1. The average Bonchev–Trinajstić information content (AvgIpc) is 3.23. The summed E-state index contributed by atoms with van der Waals surface area (Å²) in [6.45, 7) is 1.88. The molecule has 0 amide bonds. The number of hydrogen-bond acceptors (Lipinski definition) is 4. The third-order valence-electron chi connectivity index (χ3n) is 5.80. The van der Waals surface area contributed by atoms with E-state index in [0.717, 1.165) is 26.2 Å². The number of hydrogen-bond donors (Lipinski definition) is 1. The van der Waals surface area contributed by atoms with Crippen molar-refractivity contribution >= 4 is 11.0 Å². The lowest BCUT2D eigenvalue weighted by Crippen LogP contribution is -2.42. The smallest absolute Gasteiger partial charge is 0.262 e. The van der Waals surface area contributed by atoms with Gasteiger partial charge in [-0.05, 0) is 25.3 Å². The maximum Gasteiger partial charge on any atom is 0.262 e. The first-order valence-corrected chi connectivity index (χ1v) is 9.96. The van der Waals surface area contributed by atoms with Crippen molar-refractivity contribution in [3.63, 3.8) is 0 Å². The Hall–Kier alpha value is -1.83. The van der Waals surface area contributed by atoms with Crippen LogP contribution in [0.25, 0.3) is 11.0 Å². The topological polar surface area (TPSA) is 66.8 Å². The van der Waals surface area contributed by atoms with Crippen LogP contribution in [-0.4, -0.2) is 50.2 Å². The summed E-state index contributed by atoms with van der Waals surface area (Å²) in [4.78, 5) is 21.9. The van der Waals surface area contributed by atoms with E-state index in [1.54, 1.807) is 15.8 Å². The van der Waals surface area contributed by atoms with Crippen LogP contribution in [0.15, 0.2) is 11.0 Å². The summed E-state index contributed by atoms with van der Waals surface area (Å²) >= 11 is 0. The molecular formula is C19H27F2N5O. The Kier molecular flexibility index (Phi) is 5.01. The van der Waals surface area contributed by atoms with Crippen molar-refractivity contribution in [3.8, 4) is 0 Å². The molecular weight excluding hydrogens is 352 g/mol. The normalized spacial score (nSPS) is 22.7. The van der Waals surface area contributed by atoms with E-state index < -0.39 is 5.92 Å². The highest BCUT2D eigenvalue weighted by Crippen LogP contribution is 2.28. The fraction of sp³-hybridized carbons (Fsp3) is 0.737. The van der Waals surface area contributed by atoms with Crippen molar-refractivity contribution in [1.29, 1.82) is 0 Å². The molecule has 0 radical (unpaired) electrons. The van der Waals surface area contributed by atoms with Crippen LogP contribution in [-0.2, 0) is 6.42 Å². The third kappa shape index (κ3) is 4.20. The quantitative estimate of drug-likeness (QED) is 0.867. The van der Waals surface area contributed by atoms with Gasteiger partial charge >= 0.3 is 0 Å². The molecule has 1 aliphatic carbocycles. The van der Waals surface area contributed by atoms with Crippen molar-refractivity contribution in [2.75, 3.05) is 19.6 Å². The first kappa shape index (κ1) is 18.5. The lowest BCUT2D eigenvalue weighted by atomic mass is 10.0. The number of nitrogens with zero attached hydrogens (tertiary/aromatic N) is 4.